The molecule has 0 N–H and O–H groups in total. The van der Waals surface area contributed by atoms with Gasteiger partial charge < -0.3 is 4.57 Å². The van der Waals surface area contributed by atoms with Gasteiger partial charge in [-0.15, -0.1) is 0 Å². The number of halogens is 1. The minimum atomic E-state index is 0.173. The second-order valence-electron chi connectivity index (χ2n) is 4.77. The summed E-state index contributed by atoms with van der Waals surface area (Å²) in [6.07, 6.45) is 3.19. The fraction of sp³-hybridized carbons (Fsp3) is 0.500. The third-order valence-corrected chi connectivity index (χ3v) is 2.29. The average molecular weight is 225 g/mol. The number of rotatable bonds is 1. The number of nitrogens with zero attached hydrogens (tertiary/aromatic N) is 4. The Morgan fingerprint density at radius 2 is 2.00 bits per heavy atom. The zero-order valence-electron chi connectivity index (χ0n) is 9.03. The van der Waals surface area contributed by atoms with E-state index < -0.39 is 0 Å². The molecule has 2 aromatic heterocycles. The summed E-state index contributed by atoms with van der Waals surface area (Å²) in [5.74, 6) is 0. The van der Waals surface area contributed by atoms with Crippen LogP contribution in [0.15, 0.2) is 12.7 Å². The van der Waals surface area contributed by atoms with Gasteiger partial charge >= 0.3 is 0 Å². The molecule has 0 aromatic carbocycles. The van der Waals surface area contributed by atoms with Crippen LogP contribution in [0.1, 0.15) is 20.8 Å². The van der Waals surface area contributed by atoms with E-state index in [1.54, 1.807) is 6.33 Å². The minimum absolute atomic E-state index is 0.173. The summed E-state index contributed by atoms with van der Waals surface area (Å²) in [6.45, 7) is 7.33. The molecule has 2 heterocycles. The maximum Gasteiger partial charge on any atom is 0.182 e. The van der Waals surface area contributed by atoms with E-state index in [0.29, 0.717) is 10.8 Å². The van der Waals surface area contributed by atoms with Crippen molar-refractivity contribution in [2.45, 2.75) is 27.3 Å². The molecule has 0 unspecified atom stereocenters. The number of imidazole rings is 1. The summed E-state index contributed by atoms with van der Waals surface area (Å²) in [6, 6.07) is 0. The quantitative estimate of drug-likeness (QED) is 0.700. The van der Waals surface area contributed by atoms with Gasteiger partial charge in [0.15, 0.2) is 10.8 Å². The molecule has 2 aromatic rings. The minimum Gasteiger partial charge on any atom is -0.326 e. The molecule has 0 amide bonds. The maximum absolute atomic E-state index is 6.02. The van der Waals surface area contributed by atoms with Crippen molar-refractivity contribution in [3.05, 3.63) is 17.8 Å². The third kappa shape index (κ3) is 2.09. The second kappa shape index (κ2) is 3.45. The van der Waals surface area contributed by atoms with E-state index in [1.807, 2.05) is 4.57 Å². The Kier molecular flexibility index (Phi) is 2.38. The molecule has 0 fully saturated rings. The summed E-state index contributed by atoms with van der Waals surface area (Å²) in [7, 11) is 0. The first-order valence-corrected chi connectivity index (χ1v) is 5.16. The first kappa shape index (κ1) is 10.4. The Labute approximate surface area is 93.3 Å². The van der Waals surface area contributed by atoms with Gasteiger partial charge in [-0.3, -0.25) is 0 Å². The van der Waals surface area contributed by atoms with Crippen LogP contribution in [0.4, 0.5) is 0 Å². The van der Waals surface area contributed by atoms with Crippen LogP contribution >= 0.6 is 11.6 Å². The van der Waals surface area contributed by atoms with Crippen molar-refractivity contribution < 1.29 is 0 Å². The Hall–Kier alpha value is -1.16. The standard InChI is InChI=1S/C10H13ClN4/c1-10(2,3)4-15-6-14-9-7(15)8(11)12-5-13-9/h5-6H,4H2,1-3H3. The predicted molar refractivity (Wildman–Crippen MR) is 59.8 cm³/mol. The van der Waals surface area contributed by atoms with Crippen molar-refractivity contribution in [2.75, 3.05) is 0 Å². The van der Waals surface area contributed by atoms with Gasteiger partial charge in [0.25, 0.3) is 0 Å². The largest absolute Gasteiger partial charge is 0.326 e. The highest BCUT2D eigenvalue weighted by Gasteiger charge is 2.15. The van der Waals surface area contributed by atoms with Crippen LogP contribution in [0.25, 0.3) is 11.2 Å². The highest BCUT2D eigenvalue weighted by molar-refractivity contribution is 6.33. The summed E-state index contributed by atoms with van der Waals surface area (Å²) >= 11 is 6.02. The third-order valence-electron chi connectivity index (χ3n) is 2.01. The van der Waals surface area contributed by atoms with Crippen LogP contribution in [0, 0.1) is 5.41 Å². The van der Waals surface area contributed by atoms with Crippen LogP contribution in [0.2, 0.25) is 5.15 Å². The molecule has 5 heteroatoms. The maximum atomic E-state index is 6.02. The molecule has 80 valence electrons. The lowest BCUT2D eigenvalue weighted by atomic mass is 9.97. The highest BCUT2D eigenvalue weighted by Crippen LogP contribution is 2.23. The van der Waals surface area contributed by atoms with E-state index in [-0.39, 0.29) is 5.41 Å². The van der Waals surface area contributed by atoms with Gasteiger partial charge in [0, 0.05) is 6.54 Å². The molecule has 0 atom stereocenters. The Bertz CT molecular complexity index is 484. The van der Waals surface area contributed by atoms with E-state index in [0.717, 1.165) is 12.1 Å². The van der Waals surface area contributed by atoms with E-state index in [1.165, 1.54) is 6.33 Å². The van der Waals surface area contributed by atoms with Crippen LogP contribution in [0.5, 0.6) is 0 Å². The van der Waals surface area contributed by atoms with Crippen LogP contribution in [0.3, 0.4) is 0 Å². The van der Waals surface area contributed by atoms with Crippen molar-refractivity contribution in [3.8, 4) is 0 Å². The van der Waals surface area contributed by atoms with Gasteiger partial charge in [0.2, 0.25) is 0 Å². The van der Waals surface area contributed by atoms with Gasteiger partial charge in [-0.1, -0.05) is 32.4 Å². The average Bonchev–Trinajstić information content (AvgIpc) is 2.47. The van der Waals surface area contributed by atoms with Crippen molar-refractivity contribution in [3.63, 3.8) is 0 Å². The van der Waals surface area contributed by atoms with E-state index in [4.69, 9.17) is 11.6 Å². The van der Waals surface area contributed by atoms with Gasteiger partial charge in [0.1, 0.15) is 11.8 Å². The van der Waals surface area contributed by atoms with Gasteiger partial charge in [0.05, 0.1) is 6.33 Å². The smallest absolute Gasteiger partial charge is 0.182 e. The first-order chi connectivity index (χ1) is 6.97. The van der Waals surface area contributed by atoms with E-state index >= 15 is 0 Å². The Morgan fingerprint density at radius 1 is 1.27 bits per heavy atom. The fourth-order valence-electron chi connectivity index (χ4n) is 1.50. The molecule has 0 aliphatic rings. The molecule has 0 radical (unpaired) electrons. The lowest BCUT2D eigenvalue weighted by Crippen LogP contribution is -2.14. The molecule has 15 heavy (non-hydrogen) atoms. The fourth-order valence-corrected chi connectivity index (χ4v) is 1.74. The summed E-state index contributed by atoms with van der Waals surface area (Å²) in [4.78, 5) is 12.2. The SMILES string of the molecule is CC(C)(C)Cn1cnc2ncnc(Cl)c21. The zero-order valence-corrected chi connectivity index (χ0v) is 9.78. The first-order valence-electron chi connectivity index (χ1n) is 4.79. The molecule has 0 saturated carbocycles. The van der Waals surface area contributed by atoms with E-state index in [9.17, 15) is 0 Å². The lowest BCUT2D eigenvalue weighted by Gasteiger charge is -2.19. The molecule has 0 aliphatic heterocycles. The van der Waals surface area contributed by atoms with E-state index in [2.05, 4.69) is 35.7 Å². The molecule has 0 bridgehead atoms. The predicted octanol–water partition coefficient (Wildman–Crippen LogP) is 2.53. The van der Waals surface area contributed by atoms with Crippen molar-refractivity contribution >= 4 is 22.8 Å². The van der Waals surface area contributed by atoms with Crippen LogP contribution in [-0.4, -0.2) is 19.5 Å². The number of hydrogen-bond donors (Lipinski definition) is 0. The monoisotopic (exact) mass is 224 g/mol. The molecule has 0 saturated heterocycles. The summed E-state index contributed by atoms with van der Waals surface area (Å²) < 4.78 is 2.00. The van der Waals surface area contributed by atoms with Gasteiger partial charge in [-0.2, -0.15) is 0 Å². The number of fused-ring (bicyclic) bond motifs is 1. The Balaban J connectivity index is 2.53. The molecule has 0 aliphatic carbocycles. The summed E-state index contributed by atoms with van der Waals surface area (Å²) in [5, 5.41) is 0.460. The molecular formula is C10H13ClN4. The van der Waals surface area contributed by atoms with Crippen molar-refractivity contribution in [1.29, 1.82) is 0 Å². The second-order valence-corrected chi connectivity index (χ2v) is 5.13. The van der Waals surface area contributed by atoms with Crippen molar-refractivity contribution in [1.82, 2.24) is 19.5 Å². The molecule has 2 rings (SSSR count). The lowest BCUT2D eigenvalue weighted by molar-refractivity contribution is 0.348. The normalized spacial score (nSPS) is 12.3. The van der Waals surface area contributed by atoms with Gasteiger partial charge in [-0.05, 0) is 5.41 Å². The molecule has 0 spiro atoms. The molecule has 4 nitrogen and oxygen atoms in total. The van der Waals surface area contributed by atoms with Crippen LogP contribution in [-0.2, 0) is 6.54 Å². The topological polar surface area (TPSA) is 43.6 Å². The molecular weight excluding hydrogens is 212 g/mol. The number of hydrogen-bond acceptors (Lipinski definition) is 3. The highest BCUT2D eigenvalue weighted by atomic mass is 35.5. The van der Waals surface area contributed by atoms with Crippen molar-refractivity contribution in [2.24, 2.45) is 5.41 Å². The summed E-state index contributed by atoms with van der Waals surface area (Å²) in [5.41, 5.74) is 1.64. The van der Waals surface area contributed by atoms with Gasteiger partial charge in [-0.25, -0.2) is 15.0 Å². The van der Waals surface area contributed by atoms with Crippen LogP contribution < -0.4 is 0 Å². The number of aromatic nitrogens is 4. The zero-order chi connectivity index (χ0) is 11.1. The Morgan fingerprint density at radius 3 is 2.67 bits per heavy atom.